The van der Waals surface area contributed by atoms with E-state index in [0.29, 0.717) is 18.0 Å². The van der Waals surface area contributed by atoms with Gasteiger partial charge in [0, 0.05) is 30.0 Å². The molecule has 0 saturated heterocycles. The number of nitrogens with one attached hydrogen (secondary N) is 2. The molecule has 1 rings (SSSR count). The fourth-order valence-electron chi connectivity index (χ4n) is 0.973. The fourth-order valence-corrected chi connectivity index (χ4v) is 1.41. The maximum Gasteiger partial charge on any atom is 0.226 e. The highest BCUT2D eigenvalue weighted by Gasteiger charge is 2.09. The summed E-state index contributed by atoms with van der Waals surface area (Å²) in [6.07, 6.45) is 1.99. The van der Waals surface area contributed by atoms with E-state index < -0.39 is 0 Å². The third-order valence-electron chi connectivity index (χ3n) is 1.63. The third-order valence-corrected chi connectivity index (χ3v) is 2.21. The van der Waals surface area contributed by atoms with Crippen LogP contribution in [0.1, 0.15) is 27.2 Å². The average Bonchev–Trinajstić information content (AvgIpc) is 2.54. The van der Waals surface area contributed by atoms with Gasteiger partial charge in [0.25, 0.3) is 0 Å². The lowest BCUT2D eigenvalue weighted by atomic mass is 10.1. The SMILES string of the molecule is CC(C)(C)NCCC(=O)Nc1cnns1. The highest BCUT2D eigenvalue weighted by atomic mass is 32.1. The quantitative estimate of drug-likeness (QED) is 0.814. The smallest absolute Gasteiger partial charge is 0.226 e. The molecule has 2 N–H and O–H groups in total. The summed E-state index contributed by atoms with van der Waals surface area (Å²) in [6.45, 7) is 6.87. The summed E-state index contributed by atoms with van der Waals surface area (Å²) >= 11 is 1.18. The summed E-state index contributed by atoms with van der Waals surface area (Å²) in [5, 5.41) is 10.3. The molecule has 1 aromatic heterocycles. The first-order valence-electron chi connectivity index (χ1n) is 4.79. The maximum atomic E-state index is 11.4. The van der Waals surface area contributed by atoms with E-state index in [9.17, 15) is 4.79 Å². The first kappa shape index (κ1) is 12.1. The molecule has 0 unspecified atom stereocenters. The van der Waals surface area contributed by atoms with Crippen LogP contribution >= 0.6 is 11.5 Å². The highest BCUT2D eigenvalue weighted by molar-refractivity contribution is 7.10. The van der Waals surface area contributed by atoms with Crippen LogP contribution in [-0.2, 0) is 4.79 Å². The lowest BCUT2D eigenvalue weighted by molar-refractivity contribution is -0.116. The van der Waals surface area contributed by atoms with Crippen LogP contribution in [0.15, 0.2) is 6.20 Å². The molecule has 1 heterocycles. The summed E-state index contributed by atoms with van der Waals surface area (Å²) in [6, 6.07) is 0. The Kier molecular flexibility index (Phi) is 4.16. The lowest BCUT2D eigenvalue weighted by Gasteiger charge is -2.19. The van der Waals surface area contributed by atoms with Crippen molar-refractivity contribution in [3.63, 3.8) is 0 Å². The lowest BCUT2D eigenvalue weighted by Crippen LogP contribution is -2.37. The van der Waals surface area contributed by atoms with Crippen molar-refractivity contribution in [1.29, 1.82) is 0 Å². The highest BCUT2D eigenvalue weighted by Crippen LogP contribution is 2.09. The van der Waals surface area contributed by atoms with Crippen LogP contribution in [0.2, 0.25) is 0 Å². The number of amides is 1. The molecule has 0 aliphatic rings. The molecular weight excluding hydrogens is 212 g/mol. The van der Waals surface area contributed by atoms with Gasteiger partial charge < -0.3 is 10.6 Å². The second-order valence-corrected chi connectivity index (χ2v) is 5.04. The summed E-state index contributed by atoms with van der Waals surface area (Å²) < 4.78 is 3.66. The first-order chi connectivity index (χ1) is 6.97. The average molecular weight is 228 g/mol. The molecule has 0 fully saturated rings. The molecule has 0 aromatic carbocycles. The topological polar surface area (TPSA) is 66.9 Å². The van der Waals surface area contributed by atoms with Crippen LogP contribution in [0.4, 0.5) is 5.00 Å². The Morgan fingerprint density at radius 2 is 2.27 bits per heavy atom. The largest absolute Gasteiger partial charge is 0.315 e. The predicted molar refractivity (Wildman–Crippen MR) is 60.9 cm³/mol. The number of rotatable bonds is 4. The number of aromatic nitrogens is 2. The number of carbonyl (C=O) groups excluding carboxylic acids is 1. The monoisotopic (exact) mass is 228 g/mol. The van der Waals surface area contributed by atoms with Gasteiger partial charge in [0.15, 0.2) is 0 Å². The minimum absolute atomic E-state index is 0.0159. The van der Waals surface area contributed by atoms with Gasteiger partial charge in [0.05, 0.1) is 6.20 Å². The molecule has 6 heteroatoms. The van der Waals surface area contributed by atoms with Crippen LogP contribution in [0, 0.1) is 0 Å². The van der Waals surface area contributed by atoms with Crippen LogP contribution < -0.4 is 10.6 Å². The predicted octanol–water partition coefficient (Wildman–Crippen LogP) is 1.25. The van der Waals surface area contributed by atoms with Gasteiger partial charge in [-0.25, -0.2) is 0 Å². The van der Waals surface area contributed by atoms with E-state index in [1.165, 1.54) is 11.5 Å². The second-order valence-electron chi connectivity index (χ2n) is 4.26. The number of nitrogens with zero attached hydrogens (tertiary/aromatic N) is 2. The molecule has 84 valence electrons. The van der Waals surface area contributed by atoms with Crippen molar-refractivity contribution in [2.24, 2.45) is 0 Å². The van der Waals surface area contributed by atoms with Crippen molar-refractivity contribution in [2.45, 2.75) is 32.7 Å². The van der Waals surface area contributed by atoms with Crippen molar-refractivity contribution < 1.29 is 4.79 Å². The van der Waals surface area contributed by atoms with E-state index in [1.807, 2.05) is 0 Å². The van der Waals surface area contributed by atoms with E-state index in [4.69, 9.17) is 0 Å². The van der Waals surface area contributed by atoms with Crippen molar-refractivity contribution in [3.8, 4) is 0 Å². The molecule has 15 heavy (non-hydrogen) atoms. The molecule has 0 spiro atoms. The van der Waals surface area contributed by atoms with E-state index in [1.54, 1.807) is 6.20 Å². The normalized spacial score (nSPS) is 11.4. The Bertz CT molecular complexity index is 304. The summed E-state index contributed by atoms with van der Waals surface area (Å²) in [5.74, 6) is -0.0159. The Labute approximate surface area is 93.4 Å². The van der Waals surface area contributed by atoms with Gasteiger partial charge in [-0.05, 0) is 20.8 Å². The van der Waals surface area contributed by atoms with Gasteiger partial charge in [0.2, 0.25) is 5.91 Å². The Balaban J connectivity index is 2.20. The summed E-state index contributed by atoms with van der Waals surface area (Å²) in [7, 11) is 0. The Hall–Kier alpha value is -1.01. The molecule has 1 amide bonds. The van der Waals surface area contributed by atoms with Crippen molar-refractivity contribution in [3.05, 3.63) is 6.20 Å². The molecule has 0 saturated carbocycles. The Morgan fingerprint density at radius 3 is 2.80 bits per heavy atom. The van der Waals surface area contributed by atoms with Crippen molar-refractivity contribution in [1.82, 2.24) is 14.9 Å². The van der Waals surface area contributed by atoms with Crippen LogP contribution in [0.3, 0.4) is 0 Å². The number of carbonyl (C=O) groups is 1. The number of hydrogen-bond donors (Lipinski definition) is 2. The van der Waals surface area contributed by atoms with E-state index in [2.05, 4.69) is 41.0 Å². The number of hydrogen-bond acceptors (Lipinski definition) is 5. The first-order valence-corrected chi connectivity index (χ1v) is 5.57. The molecule has 0 bridgehead atoms. The fraction of sp³-hybridized carbons (Fsp3) is 0.667. The van der Waals surface area contributed by atoms with E-state index in [-0.39, 0.29) is 11.4 Å². The summed E-state index contributed by atoms with van der Waals surface area (Å²) in [5.41, 5.74) is 0.0479. The minimum atomic E-state index is -0.0159. The van der Waals surface area contributed by atoms with Gasteiger partial charge in [-0.1, -0.05) is 4.49 Å². The third kappa shape index (κ3) is 5.44. The molecule has 0 aliphatic carbocycles. The second kappa shape index (κ2) is 5.18. The summed E-state index contributed by atoms with van der Waals surface area (Å²) in [4.78, 5) is 11.4. The Morgan fingerprint density at radius 1 is 1.53 bits per heavy atom. The van der Waals surface area contributed by atoms with Crippen LogP contribution in [0.25, 0.3) is 0 Å². The number of anilines is 1. The molecule has 0 aliphatic heterocycles. The molecule has 5 nitrogen and oxygen atoms in total. The minimum Gasteiger partial charge on any atom is -0.315 e. The molecule has 0 atom stereocenters. The maximum absolute atomic E-state index is 11.4. The molecular formula is C9H16N4OS. The van der Waals surface area contributed by atoms with Gasteiger partial charge in [0.1, 0.15) is 5.00 Å². The molecule has 1 aromatic rings. The standard InChI is InChI=1S/C9H16N4OS/c1-9(2,3)10-5-4-7(14)12-8-6-11-13-15-8/h6,10H,4-5H2,1-3H3,(H,12,14). The van der Waals surface area contributed by atoms with Crippen molar-refractivity contribution in [2.75, 3.05) is 11.9 Å². The zero-order valence-corrected chi connectivity index (χ0v) is 10.0. The van der Waals surface area contributed by atoms with Gasteiger partial charge in [-0.2, -0.15) is 0 Å². The molecule has 0 radical (unpaired) electrons. The zero-order chi connectivity index (χ0) is 11.3. The van der Waals surface area contributed by atoms with Crippen LogP contribution in [-0.4, -0.2) is 27.6 Å². The van der Waals surface area contributed by atoms with E-state index in [0.717, 1.165) is 0 Å². The van der Waals surface area contributed by atoms with Gasteiger partial charge in [-0.3, -0.25) is 4.79 Å². The van der Waals surface area contributed by atoms with Gasteiger partial charge >= 0.3 is 0 Å². The van der Waals surface area contributed by atoms with Crippen molar-refractivity contribution >= 4 is 22.4 Å². The van der Waals surface area contributed by atoms with Gasteiger partial charge in [-0.15, -0.1) is 5.10 Å². The van der Waals surface area contributed by atoms with E-state index >= 15 is 0 Å². The zero-order valence-electron chi connectivity index (χ0n) is 9.20. The van der Waals surface area contributed by atoms with Crippen LogP contribution in [0.5, 0.6) is 0 Å².